The summed E-state index contributed by atoms with van der Waals surface area (Å²) in [6.45, 7) is 0. The fourth-order valence-electron chi connectivity index (χ4n) is 2.80. The first-order valence-corrected chi connectivity index (χ1v) is 7.82. The highest BCUT2D eigenvalue weighted by molar-refractivity contribution is 6.36. The zero-order chi connectivity index (χ0) is 18.4. The van der Waals surface area contributed by atoms with Crippen LogP contribution in [0, 0.1) is 10.1 Å². The Balaban J connectivity index is 2.05. The van der Waals surface area contributed by atoms with Crippen LogP contribution >= 0.6 is 11.6 Å². The van der Waals surface area contributed by atoms with Crippen molar-refractivity contribution in [3.8, 4) is 11.1 Å². The molecule has 26 heavy (non-hydrogen) atoms. The largest absolute Gasteiger partial charge is 0.327 e. The fourth-order valence-corrected chi connectivity index (χ4v) is 3.01. The van der Waals surface area contributed by atoms with E-state index >= 15 is 0 Å². The highest BCUT2D eigenvalue weighted by atomic mass is 35.5. The summed E-state index contributed by atoms with van der Waals surface area (Å²) in [6, 6.07) is 10.9. The minimum atomic E-state index is -0.659. The van der Waals surface area contributed by atoms with Crippen molar-refractivity contribution in [1.29, 1.82) is 0 Å². The molecule has 4 rings (SSSR count). The Morgan fingerprint density at radius 1 is 1.00 bits per heavy atom. The van der Waals surface area contributed by atoms with Gasteiger partial charge in [-0.1, -0.05) is 17.7 Å². The van der Waals surface area contributed by atoms with Gasteiger partial charge in [0, 0.05) is 23.1 Å². The standard InChI is InChI=1S/C17H9ClN4O4/c18-13-6-5-10(8-1-3-9(4-2-8)22(25)26)14-11(13)7-12-15(19-14)20-17(24)21-16(12)23/h1-7H,(H2,19,20,21,23,24). The van der Waals surface area contributed by atoms with Gasteiger partial charge in [-0.2, -0.15) is 0 Å². The molecule has 0 aliphatic rings. The van der Waals surface area contributed by atoms with E-state index in [1.165, 1.54) is 12.1 Å². The Morgan fingerprint density at radius 3 is 2.42 bits per heavy atom. The Morgan fingerprint density at radius 2 is 1.73 bits per heavy atom. The number of nitro benzene ring substituents is 1. The van der Waals surface area contributed by atoms with E-state index in [2.05, 4.69) is 15.0 Å². The number of pyridine rings is 1. The Labute approximate surface area is 149 Å². The van der Waals surface area contributed by atoms with Crippen LogP contribution in [0.25, 0.3) is 33.1 Å². The molecule has 0 saturated heterocycles. The lowest BCUT2D eigenvalue weighted by atomic mass is 10.0. The van der Waals surface area contributed by atoms with Gasteiger partial charge < -0.3 is 0 Å². The smallest absolute Gasteiger partial charge is 0.291 e. The number of aromatic amines is 2. The van der Waals surface area contributed by atoms with Crippen LogP contribution in [0.1, 0.15) is 0 Å². The number of nitro groups is 1. The summed E-state index contributed by atoms with van der Waals surface area (Å²) in [6.07, 6.45) is 0. The van der Waals surface area contributed by atoms with Gasteiger partial charge in [0.2, 0.25) is 0 Å². The fraction of sp³-hybridized carbons (Fsp3) is 0. The number of nitrogens with one attached hydrogen (secondary N) is 2. The number of aromatic nitrogens is 3. The maximum Gasteiger partial charge on any atom is 0.327 e. The van der Waals surface area contributed by atoms with Crippen molar-refractivity contribution >= 4 is 39.2 Å². The summed E-state index contributed by atoms with van der Waals surface area (Å²) in [5.74, 6) is 0. The van der Waals surface area contributed by atoms with Gasteiger partial charge in [-0.3, -0.25) is 24.9 Å². The van der Waals surface area contributed by atoms with Gasteiger partial charge in [-0.15, -0.1) is 0 Å². The molecule has 0 fully saturated rings. The third-order valence-electron chi connectivity index (χ3n) is 4.02. The highest BCUT2D eigenvalue weighted by Gasteiger charge is 2.13. The second-order valence-electron chi connectivity index (χ2n) is 5.59. The molecule has 0 unspecified atom stereocenters. The van der Waals surface area contributed by atoms with Gasteiger partial charge in [-0.05, 0) is 29.8 Å². The molecule has 0 saturated carbocycles. The van der Waals surface area contributed by atoms with Gasteiger partial charge in [0.15, 0.2) is 0 Å². The average molecular weight is 369 g/mol. The number of halogens is 1. The second-order valence-corrected chi connectivity index (χ2v) is 6.00. The molecule has 0 radical (unpaired) electrons. The molecule has 128 valence electrons. The van der Waals surface area contributed by atoms with Crippen LogP contribution in [0.5, 0.6) is 0 Å². The normalized spacial score (nSPS) is 11.1. The predicted octanol–water partition coefficient (Wildman–Crippen LogP) is 2.99. The quantitative estimate of drug-likeness (QED) is 0.320. The van der Waals surface area contributed by atoms with Gasteiger partial charge in [0.05, 0.1) is 20.8 Å². The van der Waals surface area contributed by atoms with Crippen molar-refractivity contribution in [2.24, 2.45) is 0 Å². The van der Waals surface area contributed by atoms with E-state index in [-0.39, 0.29) is 16.7 Å². The van der Waals surface area contributed by atoms with Crippen molar-refractivity contribution in [2.75, 3.05) is 0 Å². The minimum Gasteiger partial charge on any atom is -0.291 e. The van der Waals surface area contributed by atoms with Gasteiger partial charge in [0.25, 0.3) is 11.2 Å². The molecule has 4 aromatic rings. The lowest BCUT2D eigenvalue weighted by Gasteiger charge is -2.09. The predicted molar refractivity (Wildman–Crippen MR) is 97.6 cm³/mol. The van der Waals surface area contributed by atoms with Crippen LogP contribution in [0.4, 0.5) is 5.69 Å². The number of nitrogens with zero attached hydrogens (tertiary/aromatic N) is 2. The summed E-state index contributed by atoms with van der Waals surface area (Å²) in [5.41, 5.74) is 0.722. The number of hydrogen-bond acceptors (Lipinski definition) is 5. The highest BCUT2D eigenvalue weighted by Crippen LogP contribution is 2.33. The monoisotopic (exact) mass is 368 g/mol. The van der Waals surface area contributed by atoms with E-state index in [1.807, 2.05) is 0 Å². The lowest BCUT2D eigenvalue weighted by molar-refractivity contribution is -0.384. The van der Waals surface area contributed by atoms with E-state index in [4.69, 9.17) is 11.6 Å². The first-order chi connectivity index (χ1) is 12.4. The third kappa shape index (κ3) is 2.52. The van der Waals surface area contributed by atoms with Crippen LogP contribution < -0.4 is 11.2 Å². The summed E-state index contributed by atoms with van der Waals surface area (Å²) < 4.78 is 0. The molecule has 2 N–H and O–H groups in total. The van der Waals surface area contributed by atoms with Gasteiger partial charge in [0.1, 0.15) is 5.65 Å². The SMILES string of the molecule is O=c1[nH]c(=O)c2cc3c(Cl)ccc(-c4ccc([N+](=O)[O-])cc4)c3nc2[nH]1. The topological polar surface area (TPSA) is 122 Å². The molecule has 0 atom stereocenters. The maximum atomic E-state index is 12.0. The molecule has 0 amide bonds. The number of H-pyrrole nitrogens is 2. The van der Waals surface area contributed by atoms with E-state index in [0.29, 0.717) is 27.1 Å². The number of rotatable bonds is 2. The van der Waals surface area contributed by atoms with E-state index in [0.717, 1.165) is 0 Å². The van der Waals surface area contributed by atoms with Crippen LogP contribution in [0.2, 0.25) is 5.02 Å². The molecule has 0 aliphatic heterocycles. The number of fused-ring (bicyclic) bond motifs is 2. The minimum absolute atomic E-state index is 0.0266. The maximum absolute atomic E-state index is 12.0. The summed E-state index contributed by atoms with van der Waals surface area (Å²) in [7, 11) is 0. The molecule has 2 aromatic carbocycles. The van der Waals surface area contributed by atoms with Crippen molar-refractivity contribution in [3.05, 3.63) is 78.4 Å². The number of hydrogen-bond donors (Lipinski definition) is 2. The molecule has 9 heteroatoms. The van der Waals surface area contributed by atoms with Gasteiger partial charge in [-0.25, -0.2) is 9.78 Å². The van der Waals surface area contributed by atoms with E-state index < -0.39 is 16.2 Å². The summed E-state index contributed by atoms with van der Waals surface area (Å²) in [5, 5.41) is 12.0. The van der Waals surface area contributed by atoms with Crippen LogP contribution in [-0.2, 0) is 0 Å². The molecule has 8 nitrogen and oxygen atoms in total. The Kier molecular flexibility index (Phi) is 3.55. The molecular weight excluding hydrogens is 360 g/mol. The van der Waals surface area contributed by atoms with Crippen molar-refractivity contribution < 1.29 is 4.92 Å². The Hall–Kier alpha value is -3.52. The average Bonchev–Trinajstić information content (AvgIpc) is 2.61. The molecule has 2 heterocycles. The van der Waals surface area contributed by atoms with Crippen molar-refractivity contribution in [1.82, 2.24) is 15.0 Å². The first kappa shape index (κ1) is 16.0. The second kappa shape index (κ2) is 5.78. The van der Waals surface area contributed by atoms with E-state index in [9.17, 15) is 19.7 Å². The summed E-state index contributed by atoms with van der Waals surface area (Å²) in [4.78, 5) is 42.9. The number of benzene rings is 2. The molecule has 2 aromatic heterocycles. The number of non-ortho nitro benzene ring substituents is 1. The van der Waals surface area contributed by atoms with Crippen LogP contribution in [-0.4, -0.2) is 19.9 Å². The molecular formula is C17H9ClN4O4. The van der Waals surface area contributed by atoms with Crippen LogP contribution in [0.3, 0.4) is 0 Å². The molecule has 0 bridgehead atoms. The van der Waals surface area contributed by atoms with Crippen LogP contribution in [0.15, 0.2) is 52.1 Å². The lowest BCUT2D eigenvalue weighted by Crippen LogP contribution is -2.22. The Bertz CT molecular complexity index is 1310. The summed E-state index contributed by atoms with van der Waals surface area (Å²) >= 11 is 6.25. The molecule has 0 spiro atoms. The zero-order valence-electron chi connectivity index (χ0n) is 12.9. The van der Waals surface area contributed by atoms with Crippen molar-refractivity contribution in [3.63, 3.8) is 0 Å². The molecule has 0 aliphatic carbocycles. The first-order valence-electron chi connectivity index (χ1n) is 7.44. The van der Waals surface area contributed by atoms with Gasteiger partial charge >= 0.3 is 5.69 Å². The third-order valence-corrected chi connectivity index (χ3v) is 4.35. The zero-order valence-corrected chi connectivity index (χ0v) is 13.7. The van der Waals surface area contributed by atoms with E-state index in [1.54, 1.807) is 30.3 Å². The van der Waals surface area contributed by atoms with Crippen molar-refractivity contribution in [2.45, 2.75) is 0 Å².